The van der Waals surface area contributed by atoms with Gasteiger partial charge in [-0.25, -0.2) is 4.79 Å². The van der Waals surface area contributed by atoms with Gasteiger partial charge in [-0.05, 0) is 48.6 Å². The summed E-state index contributed by atoms with van der Waals surface area (Å²) in [4.78, 5) is 17.1. The molecule has 39 heavy (non-hydrogen) atoms. The van der Waals surface area contributed by atoms with Crippen LogP contribution in [-0.4, -0.2) is 84.5 Å². The maximum absolute atomic E-state index is 12.0. The van der Waals surface area contributed by atoms with Crippen molar-refractivity contribution in [3.8, 4) is 17.0 Å². The summed E-state index contributed by atoms with van der Waals surface area (Å²) in [6.07, 6.45) is 6.19. The van der Waals surface area contributed by atoms with Crippen LogP contribution in [0, 0.1) is 5.41 Å². The van der Waals surface area contributed by atoms with E-state index in [9.17, 15) is 9.90 Å². The molecule has 1 aromatic heterocycles. The number of hydrogen-bond donors (Lipinski definition) is 1. The minimum absolute atomic E-state index is 0.00229. The highest BCUT2D eigenvalue weighted by atomic mass is 16.5. The smallest absolute Gasteiger partial charge is 0.335 e. The van der Waals surface area contributed by atoms with E-state index in [0.717, 1.165) is 75.9 Å². The molecule has 1 aliphatic carbocycles. The summed E-state index contributed by atoms with van der Waals surface area (Å²) in [5.74, 6) is 0.569. The number of aromatic nitrogens is 1. The third-order valence-corrected chi connectivity index (χ3v) is 9.49. The lowest BCUT2D eigenvalue weighted by Gasteiger charge is -2.51. The van der Waals surface area contributed by atoms with E-state index in [1.165, 1.54) is 48.7 Å². The van der Waals surface area contributed by atoms with E-state index in [4.69, 9.17) is 9.47 Å². The molecule has 0 unspecified atom stereocenters. The first-order valence-electron chi connectivity index (χ1n) is 14.7. The van der Waals surface area contributed by atoms with Gasteiger partial charge in [-0.3, -0.25) is 4.90 Å². The zero-order chi connectivity index (χ0) is 26.4. The Morgan fingerprint density at radius 1 is 0.949 bits per heavy atom. The molecule has 7 heteroatoms. The molecule has 1 N–H and O–H groups in total. The first-order chi connectivity index (χ1) is 19.1. The van der Waals surface area contributed by atoms with Gasteiger partial charge in [-0.15, -0.1) is 0 Å². The molecule has 0 amide bonds. The van der Waals surface area contributed by atoms with Crippen LogP contribution in [0.3, 0.4) is 0 Å². The molecule has 2 aromatic carbocycles. The van der Waals surface area contributed by atoms with Gasteiger partial charge in [0.05, 0.1) is 31.1 Å². The van der Waals surface area contributed by atoms with Gasteiger partial charge in [0.15, 0.2) is 0 Å². The fourth-order valence-corrected chi connectivity index (χ4v) is 7.53. The van der Waals surface area contributed by atoms with E-state index in [0.29, 0.717) is 18.1 Å². The third-order valence-electron chi connectivity index (χ3n) is 9.49. The van der Waals surface area contributed by atoms with Crippen molar-refractivity contribution in [3.05, 3.63) is 53.6 Å². The number of nitrogens with zero attached hydrogens (tertiary/aromatic N) is 3. The number of morpholine rings is 1. The number of likely N-dealkylation sites (tertiary alicyclic amines) is 1. The van der Waals surface area contributed by atoms with E-state index >= 15 is 0 Å². The van der Waals surface area contributed by atoms with Crippen molar-refractivity contribution in [3.63, 3.8) is 0 Å². The highest BCUT2D eigenvalue weighted by molar-refractivity contribution is 5.98. The van der Waals surface area contributed by atoms with Crippen LogP contribution in [0.1, 0.15) is 53.9 Å². The summed E-state index contributed by atoms with van der Waals surface area (Å²) in [6, 6.07) is 14.3. The number of rotatable bonds is 5. The Kier molecular flexibility index (Phi) is 6.61. The van der Waals surface area contributed by atoms with Crippen molar-refractivity contribution >= 4 is 16.9 Å². The Morgan fingerprint density at radius 2 is 1.72 bits per heavy atom. The molecule has 7 rings (SSSR count). The minimum atomic E-state index is -0.867. The van der Waals surface area contributed by atoms with Crippen molar-refractivity contribution in [2.75, 3.05) is 59.1 Å². The van der Waals surface area contributed by atoms with Crippen LogP contribution in [0.4, 0.5) is 0 Å². The number of hydrogen-bond acceptors (Lipinski definition) is 5. The minimum Gasteiger partial charge on any atom is -0.492 e. The van der Waals surface area contributed by atoms with Gasteiger partial charge in [0.1, 0.15) is 5.75 Å². The van der Waals surface area contributed by atoms with Crippen molar-refractivity contribution in [1.82, 2.24) is 14.4 Å². The summed E-state index contributed by atoms with van der Waals surface area (Å²) in [5, 5.41) is 11.1. The molecule has 4 heterocycles. The molecule has 0 radical (unpaired) electrons. The van der Waals surface area contributed by atoms with Crippen LogP contribution >= 0.6 is 0 Å². The largest absolute Gasteiger partial charge is 0.492 e. The first-order valence-corrected chi connectivity index (χ1v) is 14.7. The van der Waals surface area contributed by atoms with Gasteiger partial charge in [-0.1, -0.05) is 37.5 Å². The van der Waals surface area contributed by atoms with Crippen molar-refractivity contribution in [1.29, 1.82) is 0 Å². The quantitative estimate of drug-likeness (QED) is 0.497. The number of para-hydroxylation sites is 1. The lowest BCUT2D eigenvalue weighted by atomic mass is 9.79. The lowest BCUT2D eigenvalue weighted by Crippen LogP contribution is -2.62. The fourth-order valence-electron chi connectivity index (χ4n) is 7.53. The van der Waals surface area contributed by atoms with Crippen molar-refractivity contribution in [2.24, 2.45) is 5.41 Å². The molecule has 7 nitrogen and oxygen atoms in total. The molecule has 4 aliphatic rings. The molecular weight excluding hydrogens is 490 g/mol. The number of aromatic carboxylic acids is 1. The van der Waals surface area contributed by atoms with Crippen LogP contribution in [0.5, 0.6) is 5.75 Å². The SMILES string of the molecule is O=C(O)c1ccc2c(C3CCCCC3)c3n(c2c1)CC1(COc2ccccc2-3)CN(CCN2CCOCC2)C1. The van der Waals surface area contributed by atoms with Gasteiger partial charge in [0.25, 0.3) is 0 Å². The Balaban J connectivity index is 1.29. The Morgan fingerprint density at radius 3 is 2.51 bits per heavy atom. The molecule has 0 bridgehead atoms. The second kappa shape index (κ2) is 10.3. The van der Waals surface area contributed by atoms with Gasteiger partial charge >= 0.3 is 5.97 Å². The van der Waals surface area contributed by atoms with E-state index in [1.54, 1.807) is 6.07 Å². The monoisotopic (exact) mass is 529 g/mol. The Labute approximate surface area is 230 Å². The maximum atomic E-state index is 12.0. The summed E-state index contributed by atoms with van der Waals surface area (Å²) < 4.78 is 14.6. The van der Waals surface area contributed by atoms with Gasteiger partial charge in [0, 0.05) is 67.7 Å². The van der Waals surface area contributed by atoms with E-state index in [1.807, 2.05) is 6.07 Å². The highest BCUT2D eigenvalue weighted by Gasteiger charge is 2.46. The normalized spacial score (nSPS) is 21.9. The predicted octanol–water partition coefficient (Wildman–Crippen LogP) is 5.08. The molecule has 3 aliphatic heterocycles. The van der Waals surface area contributed by atoms with Crippen molar-refractivity contribution < 1.29 is 19.4 Å². The van der Waals surface area contributed by atoms with Crippen LogP contribution in [0.25, 0.3) is 22.2 Å². The average Bonchev–Trinajstić information content (AvgIpc) is 3.25. The van der Waals surface area contributed by atoms with Gasteiger partial charge in [0.2, 0.25) is 0 Å². The molecule has 2 saturated heterocycles. The summed E-state index contributed by atoms with van der Waals surface area (Å²) in [6.45, 7) is 9.37. The topological polar surface area (TPSA) is 67.2 Å². The third kappa shape index (κ3) is 4.64. The summed E-state index contributed by atoms with van der Waals surface area (Å²) >= 11 is 0. The molecule has 1 spiro atoms. The molecule has 1 saturated carbocycles. The summed E-state index contributed by atoms with van der Waals surface area (Å²) in [5.41, 5.74) is 5.22. The van der Waals surface area contributed by atoms with E-state index < -0.39 is 5.97 Å². The van der Waals surface area contributed by atoms with Gasteiger partial charge in [-0.2, -0.15) is 0 Å². The standard InChI is InChI=1S/C32H39N3O4/c36-31(37)24-10-11-25-27(18-24)35-21-32(19-34(20-32)13-12-33-14-16-38-17-15-33)22-39-28-9-5-4-8-26(28)30(35)29(25)23-6-2-1-3-7-23/h4-5,8-11,18,23H,1-3,6-7,12-17,19-22H2,(H,36,37). The number of ether oxygens (including phenoxy) is 2. The number of carboxylic acid groups (broad SMARTS) is 1. The number of benzene rings is 2. The number of carbonyl (C=O) groups is 1. The summed E-state index contributed by atoms with van der Waals surface area (Å²) in [7, 11) is 0. The fraction of sp³-hybridized carbons (Fsp3) is 0.531. The molecule has 3 fully saturated rings. The second-order valence-corrected chi connectivity index (χ2v) is 12.2. The second-order valence-electron chi connectivity index (χ2n) is 12.2. The molecule has 206 valence electrons. The average molecular weight is 530 g/mol. The lowest BCUT2D eigenvalue weighted by molar-refractivity contribution is -0.0527. The van der Waals surface area contributed by atoms with E-state index in [-0.39, 0.29) is 5.41 Å². The van der Waals surface area contributed by atoms with Crippen LogP contribution in [0.15, 0.2) is 42.5 Å². The van der Waals surface area contributed by atoms with Crippen LogP contribution < -0.4 is 4.74 Å². The van der Waals surface area contributed by atoms with Crippen LogP contribution in [-0.2, 0) is 11.3 Å². The predicted molar refractivity (Wildman–Crippen MR) is 152 cm³/mol. The zero-order valence-electron chi connectivity index (χ0n) is 22.7. The maximum Gasteiger partial charge on any atom is 0.335 e. The molecule has 3 aromatic rings. The van der Waals surface area contributed by atoms with Crippen molar-refractivity contribution in [2.45, 2.75) is 44.6 Å². The number of carboxylic acids is 1. The van der Waals surface area contributed by atoms with Crippen LogP contribution in [0.2, 0.25) is 0 Å². The Bertz CT molecular complexity index is 1360. The zero-order valence-corrected chi connectivity index (χ0v) is 22.7. The van der Waals surface area contributed by atoms with Gasteiger partial charge < -0.3 is 24.0 Å². The number of fused-ring (bicyclic) bond motifs is 5. The Hall–Kier alpha value is -2.87. The molecular formula is C32H39N3O4. The highest BCUT2D eigenvalue weighted by Crippen LogP contribution is 2.49. The van der Waals surface area contributed by atoms with E-state index in [2.05, 4.69) is 44.7 Å². The first kappa shape index (κ1) is 25.1. The molecule has 0 atom stereocenters.